The number of amides is 2. The summed E-state index contributed by atoms with van der Waals surface area (Å²) in [6.45, 7) is 3.59. The summed E-state index contributed by atoms with van der Waals surface area (Å²) >= 11 is 0. The molecule has 0 spiro atoms. The quantitative estimate of drug-likeness (QED) is 0.684. The Hall–Kier alpha value is -2.70. The minimum Gasteiger partial charge on any atom is -0.352 e. The van der Waals surface area contributed by atoms with Crippen LogP contribution in [0.5, 0.6) is 0 Å². The zero-order valence-electron chi connectivity index (χ0n) is 10.1. The average Bonchev–Trinajstić information content (AvgIpc) is 2.85. The predicted octanol–water partition coefficient (Wildman–Crippen LogP) is 0.589. The number of nitrogens with one attached hydrogen (secondary N) is 3. The molecule has 3 N–H and O–H groups in total. The Morgan fingerprint density at radius 2 is 2.11 bits per heavy atom. The molecule has 2 aromatic rings. The molecule has 98 valence electrons. The first-order chi connectivity index (χ1) is 9.19. The zero-order chi connectivity index (χ0) is 13.7. The van der Waals surface area contributed by atoms with Gasteiger partial charge in [0.15, 0.2) is 0 Å². The van der Waals surface area contributed by atoms with Crippen molar-refractivity contribution in [2.75, 3.05) is 11.9 Å². The van der Waals surface area contributed by atoms with Gasteiger partial charge >= 0.3 is 0 Å². The maximum atomic E-state index is 11.6. The fourth-order valence-electron chi connectivity index (χ4n) is 1.51. The molecular formula is C12H13N5O2. The number of H-pyrrole nitrogens is 1. The molecule has 0 saturated heterocycles. The highest BCUT2D eigenvalue weighted by molar-refractivity contribution is 5.93. The summed E-state index contributed by atoms with van der Waals surface area (Å²) in [5.74, 6) is -0.482. The van der Waals surface area contributed by atoms with E-state index in [1.807, 2.05) is 0 Å². The number of fused-ring (bicyclic) bond motifs is 1. The molecule has 0 saturated carbocycles. The first-order valence-electron chi connectivity index (χ1n) is 5.69. The van der Waals surface area contributed by atoms with Crippen LogP contribution in [0.1, 0.15) is 6.42 Å². The molecule has 1 aromatic heterocycles. The van der Waals surface area contributed by atoms with E-state index >= 15 is 0 Å². The Balaban J connectivity index is 1.87. The fraction of sp³-hybridized carbons (Fsp3) is 0.167. The summed E-state index contributed by atoms with van der Waals surface area (Å²) in [5, 5.41) is 15.6. The molecule has 7 heteroatoms. The number of rotatable bonds is 5. The van der Waals surface area contributed by atoms with Gasteiger partial charge in [-0.2, -0.15) is 15.4 Å². The van der Waals surface area contributed by atoms with Crippen LogP contribution in [-0.2, 0) is 9.59 Å². The van der Waals surface area contributed by atoms with Crippen molar-refractivity contribution < 1.29 is 9.59 Å². The summed E-state index contributed by atoms with van der Waals surface area (Å²) in [5.41, 5.74) is 2.05. The van der Waals surface area contributed by atoms with Gasteiger partial charge in [-0.1, -0.05) is 6.58 Å². The van der Waals surface area contributed by atoms with Crippen LogP contribution in [0.15, 0.2) is 30.9 Å². The lowest BCUT2D eigenvalue weighted by Gasteiger charge is -2.05. The summed E-state index contributed by atoms with van der Waals surface area (Å²) < 4.78 is 0. The Morgan fingerprint density at radius 3 is 2.89 bits per heavy atom. The molecule has 0 unspecified atom stereocenters. The van der Waals surface area contributed by atoms with E-state index in [9.17, 15) is 9.59 Å². The highest BCUT2D eigenvalue weighted by atomic mass is 16.2. The Kier molecular flexibility index (Phi) is 3.87. The van der Waals surface area contributed by atoms with Crippen molar-refractivity contribution in [1.82, 2.24) is 20.7 Å². The van der Waals surface area contributed by atoms with Crippen LogP contribution in [-0.4, -0.2) is 33.8 Å². The number of benzene rings is 1. The first kappa shape index (κ1) is 12.7. The van der Waals surface area contributed by atoms with E-state index in [0.29, 0.717) is 11.2 Å². The third kappa shape index (κ3) is 3.38. The van der Waals surface area contributed by atoms with E-state index in [-0.39, 0.29) is 24.8 Å². The Labute approximate surface area is 109 Å². The van der Waals surface area contributed by atoms with Gasteiger partial charge in [-0.25, -0.2) is 0 Å². The fourth-order valence-corrected chi connectivity index (χ4v) is 1.51. The van der Waals surface area contributed by atoms with Crippen molar-refractivity contribution in [2.24, 2.45) is 0 Å². The van der Waals surface area contributed by atoms with Gasteiger partial charge in [-0.15, -0.1) is 0 Å². The molecule has 0 bridgehead atoms. The van der Waals surface area contributed by atoms with Gasteiger partial charge in [0.1, 0.15) is 11.0 Å². The number of carbonyl (C=O) groups is 2. The van der Waals surface area contributed by atoms with Gasteiger partial charge in [0.2, 0.25) is 11.8 Å². The number of aromatic nitrogens is 3. The van der Waals surface area contributed by atoms with Crippen LogP contribution in [0.25, 0.3) is 11.0 Å². The topological polar surface area (TPSA) is 99.8 Å². The molecule has 1 aromatic carbocycles. The minimum absolute atomic E-state index is 0.188. The standard InChI is InChI=1S/C12H13N5O2/c1-2-11(18)13-6-5-12(19)14-8-3-4-9-10(7-8)16-17-15-9/h2-4,7H,1,5-6H2,(H,13,18)(H,14,19)(H,15,16,17). The lowest BCUT2D eigenvalue weighted by Crippen LogP contribution is -2.25. The maximum absolute atomic E-state index is 11.6. The Bertz CT molecular complexity index is 619. The second-order valence-corrected chi connectivity index (χ2v) is 3.82. The molecule has 2 rings (SSSR count). The van der Waals surface area contributed by atoms with Gasteiger partial charge < -0.3 is 10.6 Å². The molecule has 2 amide bonds. The van der Waals surface area contributed by atoms with Crippen molar-refractivity contribution in [3.63, 3.8) is 0 Å². The van der Waals surface area contributed by atoms with Gasteiger partial charge in [-0.05, 0) is 24.3 Å². The van der Waals surface area contributed by atoms with Crippen LogP contribution < -0.4 is 10.6 Å². The molecule has 0 fully saturated rings. The molecule has 0 atom stereocenters. The van der Waals surface area contributed by atoms with E-state index < -0.39 is 0 Å². The molecule has 7 nitrogen and oxygen atoms in total. The number of carbonyl (C=O) groups excluding carboxylic acids is 2. The molecule has 0 aliphatic heterocycles. The molecule has 1 heterocycles. The van der Waals surface area contributed by atoms with E-state index in [0.717, 1.165) is 11.6 Å². The van der Waals surface area contributed by atoms with E-state index in [2.05, 4.69) is 32.6 Å². The lowest BCUT2D eigenvalue weighted by atomic mass is 10.2. The minimum atomic E-state index is -0.295. The second kappa shape index (κ2) is 5.76. The Morgan fingerprint density at radius 1 is 1.32 bits per heavy atom. The van der Waals surface area contributed by atoms with Crippen molar-refractivity contribution in [3.8, 4) is 0 Å². The van der Waals surface area contributed by atoms with Gasteiger partial charge in [0.25, 0.3) is 0 Å². The number of aromatic amines is 1. The lowest BCUT2D eigenvalue weighted by molar-refractivity contribution is -0.117. The third-order valence-electron chi connectivity index (χ3n) is 2.44. The smallest absolute Gasteiger partial charge is 0.243 e. The predicted molar refractivity (Wildman–Crippen MR) is 70.3 cm³/mol. The SMILES string of the molecule is C=CC(=O)NCCC(=O)Nc1ccc2n[nH]nc2c1. The van der Waals surface area contributed by atoms with E-state index in [1.165, 1.54) is 0 Å². The number of hydrogen-bond donors (Lipinski definition) is 3. The van der Waals surface area contributed by atoms with Crippen molar-refractivity contribution in [1.29, 1.82) is 0 Å². The molecule has 0 radical (unpaired) electrons. The molecule has 0 aliphatic rings. The summed E-state index contributed by atoms with van der Waals surface area (Å²) in [4.78, 5) is 22.5. The normalized spacial score (nSPS) is 10.1. The third-order valence-corrected chi connectivity index (χ3v) is 2.44. The van der Waals surface area contributed by atoms with Crippen molar-refractivity contribution >= 4 is 28.5 Å². The number of nitrogens with zero attached hydrogens (tertiary/aromatic N) is 2. The maximum Gasteiger partial charge on any atom is 0.243 e. The van der Waals surface area contributed by atoms with Gasteiger partial charge in [0.05, 0.1) is 0 Å². The van der Waals surface area contributed by atoms with Crippen LogP contribution in [0.2, 0.25) is 0 Å². The second-order valence-electron chi connectivity index (χ2n) is 3.82. The first-order valence-corrected chi connectivity index (χ1v) is 5.69. The monoisotopic (exact) mass is 259 g/mol. The van der Waals surface area contributed by atoms with Crippen LogP contribution in [0, 0.1) is 0 Å². The van der Waals surface area contributed by atoms with Gasteiger partial charge in [0, 0.05) is 18.7 Å². The van der Waals surface area contributed by atoms with Crippen LogP contribution in [0.3, 0.4) is 0 Å². The largest absolute Gasteiger partial charge is 0.352 e. The summed E-state index contributed by atoms with van der Waals surface area (Å²) in [6, 6.07) is 5.22. The van der Waals surface area contributed by atoms with Crippen LogP contribution in [0.4, 0.5) is 5.69 Å². The highest BCUT2D eigenvalue weighted by Gasteiger charge is 2.05. The van der Waals surface area contributed by atoms with E-state index in [4.69, 9.17) is 0 Å². The van der Waals surface area contributed by atoms with Crippen molar-refractivity contribution in [3.05, 3.63) is 30.9 Å². The molecular weight excluding hydrogens is 246 g/mol. The van der Waals surface area contributed by atoms with Crippen LogP contribution >= 0.6 is 0 Å². The zero-order valence-corrected chi connectivity index (χ0v) is 10.1. The van der Waals surface area contributed by atoms with Crippen molar-refractivity contribution in [2.45, 2.75) is 6.42 Å². The summed E-state index contributed by atoms with van der Waals surface area (Å²) in [7, 11) is 0. The van der Waals surface area contributed by atoms with Gasteiger partial charge in [-0.3, -0.25) is 9.59 Å². The number of anilines is 1. The van der Waals surface area contributed by atoms with E-state index in [1.54, 1.807) is 18.2 Å². The molecule has 0 aliphatic carbocycles. The number of hydrogen-bond acceptors (Lipinski definition) is 4. The molecule has 19 heavy (non-hydrogen) atoms. The average molecular weight is 259 g/mol. The summed E-state index contributed by atoms with van der Waals surface area (Å²) in [6.07, 6.45) is 1.35. The highest BCUT2D eigenvalue weighted by Crippen LogP contribution is 2.14.